The van der Waals surface area contributed by atoms with Gasteiger partial charge in [-0.2, -0.15) is 0 Å². The number of benzene rings is 1. The van der Waals surface area contributed by atoms with E-state index in [1.165, 1.54) is 6.07 Å². The molecule has 4 rings (SSSR count). The predicted molar refractivity (Wildman–Crippen MR) is 134 cm³/mol. The van der Waals surface area contributed by atoms with Crippen molar-refractivity contribution in [1.82, 2.24) is 19.4 Å². The highest BCUT2D eigenvalue weighted by Crippen LogP contribution is 2.21. The number of rotatable bonds is 8. The first-order valence-corrected chi connectivity index (χ1v) is 12.0. The molecule has 1 aliphatic heterocycles. The van der Waals surface area contributed by atoms with Crippen molar-refractivity contribution < 1.29 is 9.13 Å². The summed E-state index contributed by atoms with van der Waals surface area (Å²) < 4.78 is 20.9. The van der Waals surface area contributed by atoms with E-state index in [1.54, 1.807) is 16.7 Å². The Balaban J connectivity index is 1.72. The molecule has 9 heteroatoms. The lowest BCUT2D eigenvalue weighted by molar-refractivity contribution is 0.0364. The van der Waals surface area contributed by atoms with Crippen molar-refractivity contribution in [2.45, 2.75) is 26.8 Å². The van der Waals surface area contributed by atoms with Gasteiger partial charge in [0.05, 0.1) is 18.9 Å². The lowest BCUT2D eigenvalue weighted by atomic mass is 10.1. The number of aromatic nitrogens is 3. The van der Waals surface area contributed by atoms with Crippen LogP contribution in [0.2, 0.25) is 0 Å². The quantitative estimate of drug-likeness (QED) is 0.510. The molecule has 0 radical (unpaired) electrons. The molecule has 3 heterocycles. The number of hydrogen-bond acceptors (Lipinski definition) is 6. The van der Waals surface area contributed by atoms with Crippen molar-refractivity contribution in [2.24, 2.45) is 5.92 Å². The van der Waals surface area contributed by atoms with Crippen LogP contribution in [0.1, 0.15) is 20.3 Å². The summed E-state index contributed by atoms with van der Waals surface area (Å²) in [6, 6.07) is 8.60. The van der Waals surface area contributed by atoms with Crippen LogP contribution in [0.4, 0.5) is 10.2 Å². The van der Waals surface area contributed by atoms with Gasteiger partial charge in [0.2, 0.25) is 0 Å². The largest absolute Gasteiger partial charge is 0.379 e. The number of morpholine rings is 1. The molecule has 1 atom stereocenters. The Morgan fingerprint density at radius 3 is 2.67 bits per heavy atom. The summed E-state index contributed by atoms with van der Waals surface area (Å²) >= 11 is 0. The van der Waals surface area contributed by atoms with Crippen LogP contribution in [0.3, 0.4) is 0 Å². The Morgan fingerprint density at radius 2 is 1.94 bits per heavy atom. The molecule has 0 amide bonds. The monoisotopic (exact) mass is 471 g/mol. The molecule has 3 aromatic rings. The van der Waals surface area contributed by atoms with Crippen molar-refractivity contribution in [1.29, 1.82) is 0 Å². The molecule has 1 saturated heterocycles. The van der Waals surface area contributed by atoms with Crippen molar-refractivity contribution in [3.05, 3.63) is 46.5 Å². The Kier molecular flexibility index (Phi) is 7.68. The molecule has 0 spiro atoms. The summed E-state index contributed by atoms with van der Waals surface area (Å²) in [5.41, 5.74) is 2.48. The Labute approximate surface area is 195 Å². The van der Waals surface area contributed by atoms with Crippen LogP contribution in [0.25, 0.3) is 22.4 Å². The second kappa shape index (κ2) is 10.7. The minimum absolute atomic E-state index is 0.171. The average molecular weight is 472 g/mol. The van der Waals surface area contributed by atoms with Gasteiger partial charge in [-0.15, -0.1) is 9.24 Å². The smallest absolute Gasteiger partial charge is 0.294 e. The minimum atomic E-state index is -0.286. The minimum Gasteiger partial charge on any atom is -0.379 e. The van der Waals surface area contributed by atoms with Gasteiger partial charge in [-0.05, 0) is 42.7 Å². The third kappa shape index (κ3) is 5.75. The van der Waals surface area contributed by atoms with Gasteiger partial charge in [-0.3, -0.25) is 14.3 Å². The van der Waals surface area contributed by atoms with Gasteiger partial charge in [0.25, 0.3) is 5.56 Å². The van der Waals surface area contributed by atoms with Crippen LogP contribution >= 0.6 is 9.24 Å². The number of pyridine rings is 1. The lowest BCUT2D eigenvalue weighted by Gasteiger charge is -2.27. The molecule has 1 fully saturated rings. The van der Waals surface area contributed by atoms with Gasteiger partial charge in [-0.1, -0.05) is 13.8 Å². The van der Waals surface area contributed by atoms with E-state index >= 15 is 0 Å². The molecule has 1 aliphatic rings. The normalized spacial score (nSPS) is 14.8. The van der Waals surface area contributed by atoms with Gasteiger partial charge < -0.3 is 10.1 Å². The third-order valence-electron chi connectivity index (χ3n) is 5.84. The Morgan fingerprint density at radius 1 is 1.15 bits per heavy atom. The maximum Gasteiger partial charge on any atom is 0.294 e. The van der Waals surface area contributed by atoms with Crippen LogP contribution in [0, 0.1) is 11.7 Å². The highest BCUT2D eigenvalue weighted by Gasteiger charge is 2.16. The summed E-state index contributed by atoms with van der Waals surface area (Å²) in [4.78, 5) is 25.0. The third-order valence-corrected chi connectivity index (χ3v) is 6.28. The number of halogens is 1. The SMILES string of the molecule is CC(C)CCNc1nc2ccc(-c3ccc(F)c(P)c3)nc2n(CCN2CCOCC2)c1=O. The molecule has 7 nitrogen and oxygen atoms in total. The molecule has 1 N–H and O–H groups in total. The molecule has 33 heavy (non-hydrogen) atoms. The first-order chi connectivity index (χ1) is 15.9. The molecule has 2 aromatic heterocycles. The first-order valence-electron chi connectivity index (χ1n) is 11.4. The zero-order chi connectivity index (χ0) is 23.4. The highest BCUT2D eigenvalue weighted by atomic mass is 31.0. The highest BCUT2D eigenvalue weighted by molar-refractivity contribution is 7.27. The second-order valence-corrected chi connectivity index (χ2v) is 9.38. The number of nitrogens with zero attached hydrogens (tertiary/aromatic N) is 4. The van der Waals surface area contributed by atoms with Gasteiger partial charge in [0.15, 0.2) is 11.5 Å². The van der Waals surface area contributed by atoms with Crippen molar-refractivity contribution in [3.63, 3.8) is 0 Å². The molecule has 1 aromatic carbocycles. The van der Waals surface area contributed by atoms with Crippen molar-refractivity contribution >= 4 is 31.5 Å². The second-order valence-electron chi connectivity index (χ2n) is 8.76. The molecular formula is C24H31FN5O2P. The summed E-state index contributed by atoms with van der Waals surface area (Å²) in [5, 5.41) is 3.70. The fourth-order valence-electron chi connectivity index (χ4n) is 3.85. The summed E-state index contributed by atoms with van der Waals surface area (Å²) in [6.07, 6.45) is 0.950. The first kappa shape index (κ1) is 23.7. The summed E-state index contributed by atoms with van der Waals surface area (Å²) in [7, 11) is 2.40. The number of hydrogen-bond donors (Lipinski definition) is 1. The topological polar surface area (TPSA) is 72.3 Å². The molecular weight excluding hydrogens is 440 g/mol. The number of nitrogens with one attached hydrogen (secondary N) is 1. The molecule has 176 valence electrons. The van der Waals surface area contributed by atoms with Crippen LogP contribution in [-0.4, -0.2) is 58.8 Å². The molecule has 1 unspecified atom stereocenters. The Bertz CT molecular complexity index is 1180. The zero-order valence-corrected chi connectivity index (χ0v) is 20.3. The van der Waals surface area contributed by atoms with Gasteiger partial charge in [0.1, 0.15) is 11.3 Å². The van der Waals surface area contributed by atoms with E-state index in [-0.39, 0.29) is 11.4 Å². The van der Waals surface area contributed by atoms with Gasteiger partial charge in [-0.25, -0.2) is 14.4 Å². The number of ether oxygens (including phenoxy) is 1. The zero-order valence-electron chi connectivity index (χ0n) is 19.2. The fourth-order valence-corrected chi connectivity index (χ4v) is 4.13. The maximum atomic E-state index is 13.7. The van der Waals surface area contributed by atoms with E-state index in [4.69, 9.17) is 9.72 Å². The average Bonchev–Trinajstić information content (AvgIpc) is 2.81. The molecule has 0 aliphatic carbocycles. The van der Waals surface area contributed by atoms with Crippen LogP contribution in [0.5, 0.6) is 0 Å². The van der Waals surface area contributed by atoms with Crippen molar-refractivity contribution in [3.8, 4) is 11.3 Å². The van der Waals surface area contributed by atoms with Crippen LogP contribution in [-0.2, 0) is 11.3 Å². The molecule has 0 saturated carbocycles. The number of anilines is 1. The number of fused-ring (bicyclic) bond motifs is 1. The standard InChI is InChI=1S/C24H31FN5O2P/c1-16(2)7-8-26-22-24(31)30(10-9-29-11-13-32-14-12-29)23-20(27-22)6-5-19(28-23)17-3-4-18(25)21(33)15-17/h3-6,15-16H,7-14,33H2,1-2H3,(H,26,27). The predicted octanol–water partition coefficient (Wildman–Crippen LogP) is 2.89. The van der Waals surface area contributed by atoms with Gasteiger partial charge in [0, 0.05) is 43.6 Å². The van der Waals surface area contributed by atoms with E-state index in [9.17, 15) is 9.18 Å². The van der Waals surface area contributed by atoms with E-state index in [2.05, 4.69) is 38.3 Å². The molecule has 0 bridgehead atoms. The lowest BCUT2D eigenvalue weighted by Crippen LogP contribution is -2.39. The maximum absolute atomic E-state index is 13.7. The summed E-state index contributed by atoms with van der Waals surface area (Å²) in [5.74, 6) is 0.600. The Hall–Kier alpha value is -2.41. The van der Waals surface area contributed by atoms with E-state index < -0.39 is 0 Å². The van der Waals surface area contributed by atoms with Crippen LogP contribution < -0.4 is 16.2 Å². The van der Waals surface area contributed by atoms with Crippen LogP contribution in [0.15, 0.2) is 35.1 Å². The van der Waals surface area contributed by atoms with E-state index in [1.807, 2.05) is 12.1 Å². The fraction of sp³-hybridized carbons (Fsp3) is 0.458. The summed E-state index contributed by atoms with van der Waals surface area (Å²) in [6.45, 7) is 9.33. The van der Waals surface area contributed by atoms with Gasteiger partial charge >= 0.3 is 0 Å². The van der Waals surface area contributed by atoms with E-state index in [0.29, 0.717) is 60.2 Å². The van der Waals surface area contributed by atoms with Crippen molar-refractivity contribution in [2.75, 3.05) is 44.7 Å². The van der Waals surface area contributed by atoms with E-state index in [0.717, 1.165) is 31.6 Å².